The van der Waals surface area contributed by atoms with Crippen molar-refractivity contribution in [1.29, 1.82) is 0 Å². The van der Waals surface area contributed by atoms with Crippen LogP contribution in [0.3, 0.4) is 0 Å². The lowest BCUT2D eigenvalue weighted by Crippen LogP contribution is -2.37. The third kappa shape index (κ3) is 8.73. The van der Waals surface area contributed by atoms with Gasteiger partial charge in [0.1, 0.15) is 11.4 Å². The van der Waals surface area contributed by atoms with Gasteiger partial charge in [0, 0.05) is 24.5 Å². The number of amides is 1. The first-order chi connectivity index (χ1) is 15.1. The Kier molecular flexibility index (Phi) is 8.58. The summed E-state index contributed by atoms with van der Waals surface area (Å²) in [6, 6.07) is 12.1. The lowest BCUT2D eigenvalue weighted by molar-refractivity contribution is -0.133. The number of nitrogens with zero attached hydrogens (tertiary/aromatic N) is 1. The van der Waals surface area contributed by atoms with E-state index < -0.39 is 5.60 Å². The Bertz CT molecular complexity index is 988. The van der Waals surface area contributed by atoms with Gasteiger partial charge in [-0.05, 0) is 67.5 Å². The SMILES string of the molecule is CC(CC(=O)N(Cc1cccc(C(=O)OC(C)(C)C)c1)CC(C)(C)C)c1ccc(O)cc1Cl. The number of carbonyl (C=O) groups excluding carboxylic acids is 2. The van der Waals surface area contributed by atoms with Gasteiger partial charge < -0.3 is 14.7 Å². The minimum atomic E-state index is -0.576. The van der Waals surface area contributed by atoms with Crippen LogP contribution in [0.25, 0.3) is 0 Å². The highest BCUT2D eigenvalue weighted by molar-refractivity contribution is 6.31. The first kappa shape index (κ1) is 26.7. The molecular formula is C27H36ClNO4. The third-order valence-corrected chi connectivity index (χ3v) is 5.28. The van der Waals surface area contributed by atoms with Crippen molar-refractivity contribution < 1.29 is 19.4 Å². The predicted octanol–water partition coefficient (Wildman–Crippen LogP) is 6.57. The van der Waals surface area contributed by atoms with Gasteiger partial charge in [0.2, 0.25) is 5.91 Å². The Balaban J connectivity index is 2.22. The molecule has 0 aromatic heterocycles. The van der Waals surface area contributed by atoms with E-state index in [9.17, 15) is 14.7 Å². The lowest BCUT2D eigenvalue weighted by Gasteiger charge is -2.31. The van der Waals surface area contributed by atoms with Crippen molar-refractivity contribution in [1.82, 2.24) is 4.90 Å². The monoisotopic (exact) mass is 473 g/mol. The average molecular weight is 474 g/mol. The smallest absolute Gasteiger partial charge is 0.338 e. The maximum atomic E-state index is 13.3. The second-order valence-corrected chi connectivity index (χ2v) is 11.2. The van der Waals surface area contributed by atoms with Gasteiger partial charge in [0.25, 0.3) is 0 Å². The zero-order valence-corrected chi connectivity index (χ0v) is 21.5. The fourth-order valence-electron chi connectivity index (χ4n) is 3.58. The molecule has 6 heteroatoms. The Morgan fingerprint density at radius 2 is 1.73 bits per heavy atom. The molecule has 1 unspecified atom stereocenters. The number of hydrogen-bond acceptors (Lipinski definition) is 4. The molecule has 0 aliphatic heterocycles. The van der Waals surface area contributed by atoms with Crippen LogP contribution in [0.1, 0.15) is 82.3 Å². The van der Waals surface area contributed by atoms with Crippen LogP contribution in [0.15, 0.2) is 42.5 Å². The van der Waals surface area contributed by atoms with E-state index in [4.69, 9.17) is 16.3 Å². The highest BCUT2D eigenvalue weighted by atomic mass is 35.5. The number of phenolic OH excluding ortho intramolecular Hbond substituents is 1. The maximum absolute atomic E-state index is 13.3. The minimum Gasteiger partial charge on any atom is -0.508 e. The molecule has 2 aromatic rings. The van der Waals surface area contributed by atoms with Gasteiger partial charge in [-0.2, -0.15) is 0 Å². The number of benzene rings is 2. The summed E-state index contributed by atoms with van der Waals surface area (Å²) in [5.74, 6) is -0.388. The van der Waals surface area contributed by atoms with Crippen molar-refractivity contribution in [2.75, 3.05) is 6.54 Å². The molecule has 0 aliphatic rings. The van der Waals surface area contributed by atoms with E-state index in [1.165, 1.54) is 6.07 Å². The van der Waals surface area contributed by atoms with Crippen LogP contribution in [0.2, 0.25) is 5.02 Å². The summed E-state index contributed by atoms with van der Waals surface area (Å²) in [6.45, 7) is 14.7. The number of rotatable bonds is 7. The van der Waals surface area contributed by atoms with Gasteiger partial charge in [-0.1, -0.05) is 57.5 Å². The molecule has 0 bridgehead atoms. The van der Waals surface area contributed by atoms with Crippen LogP contribution >= 0.6 is 11.6 Å². The van der Waals surface area contributed by atoms with E-state index in [1.807, 2.05) is 44.7 Å². The quantitative estimate of drug-likeness (QED) is 0.462. The van der Waals surface area contributed by atoms with Crippen LogP contribution in [0, 0.1) is 5.41 Å². The second kappa shape index (κ2) is 10.6. The molecule has 1 N–H and O–H groups in total. The molecule has 0 saturated heterocycles. The fourth-order valence-corrected chi connectivity index (χ4v) is 3.94. The molecule has 1 atom stereocenters. The Labute approximate surface area is 202 Å². The van der Waals surface area contributed by atoms with E-state index in [2.05, 4.69) is 20.8 Å². The Morgan fingerprint density at radius 3 is 2.30 bits per heavy atom. The normalized spacial score (nSPS) is 12.8. The number of ether oxygens (including phenoxy) is 1. The third-order valence-electron chi connectivity index (χ3n) is 4.95. The first-order valence-electron chi connectivity index (χ1n) is 11.2. The number of aromatic hydroxyl groups is 1. The lowest BCUT2D eigenvalue weighted by atomic mass is 9.93. The molecule has 2 aromatic carbocycles. The highest BCUT2D eigenvalue weighted by Gasteiger charge is 2.25. The minimum absolute atomic E-state index is 0.00392. The van der Waals surface area contributed by atoms with Gasteiger partial charge in [-0.25, -0.2) is 4.79 Å². The molecule has 0 saturated carbocycles. The van der Waals surface area contributed by atoms with Crippen LogP contribution < -0.4 is 0 Å². The van der Waals surface area contributed by atoms with Crippen molar-refractivity contribution in [3.8, 4) is 5.75 Å². The van der Waals surface area contributed by atoms with Crippen LogP contribution in [-0.2, 0) is 16.1 Å². The van der Waals surface area contributed by atoms with Crippen molar-refractivity contribution >= 4 is 23.5 Å². The zero-order valence-electron chi connectivity index (χ0n) is 20.7. The number of halogens is 1. The van der Waals surface area contributed by atoms with Gasteiger partial charge in [-0.15, -0.1) is 0 Å². The number of phenols is 1. The molecule has 5 nitrogen and oxygen atoms in total. The first-order valence-corrected chi connectivity index (χ1v) is 11.6. The van der Waals surface area contributed by atoms with Crippen LogP contribution in [-0.4, -0.2) is 34.0 Å². The topological polar surface area (TPSA) is 66.8 Å². The van der Waals surface area contributed by atoms with Crippen molar-refractivity contribution in [3.63, 3.8) is 0 Å². The summed E-state index contributed by atoms with van der Waals surface area (Å²) >= 11 is 6.29. The maximum Gasteiger partial charge on any atom is 0.338 e. The highest BCUT2D eigenvalue weighted by Crippen LogP contribution is 2.31. The largest absolute Gasteiger partial charge is 0.508 e. The fraction of sp³-hybridized carbons (Fsp3) is 0.481. The van der Waals surface area contributed by atoms with Gasteiger partial charge in [0.05, 0.1) is 5.56 Å². The van der Waals surface area contributed by atoms with Crippen LogP contribution in [0.5, 0.6) is 5.75 Å². The summed E-state index contributed by atoms with van der Waals surface area (Å²) in [4.78, 5) is 27.7. The van der Waals surface area contributed by atoms with E-state index in [-0.39, 0.29) is 35.4 Å². The summed E-state index contributed by atoms with van der Waals surface area (Å²) in [5.41, 5.74) is 1.48. The van der Waals surface area contributed by atoms with E-state index >= 15 is 0 Å². The van der Waals surface area contributed by atoms with Crippen molar-refractivity contribution in [2.24, 2.45) is 5.41 Å². The van der Waals surface area contributed by atoms with Crippen molar-refractivity contribution in [3.05, 3.63) is 64.2 Å². The Hall–Kier alpha value is -2.53. The number of esters is 1. The summed E-state index contributed by atoms with van der Waals surface area (Å²) < 4.78 is 5.48. The molecule has 1 amide bonds. The number of carbonyl (C=O) groups is 2. The van der Waals surface area contributed by atoms with Crippen molar-refractivity contribution in [2.45, 2.75) is 73.0 Å². The standard InChI is InChI=1S/C27H36ClNO4/c1-18(22-12-11-21(30)15-23(22)28)13-24(31)29(17-26(2,3)4)16-19-9-8-10-20(14-19)25(32)33-27(5,6)7/h8-12,14-15,18,30H,13,16-17H2,1-7H3. The molecule has 0 fully saturated rings. The van der Waals surface area contributed by atoms with E-state index in [0.29, 0.717) is 23.7 Å². The molecule has 0 radical (unpaired) electrons. The summed E-state index contributed by atoms with van der Waals surface area (Å²) in [6.07, 6.45) is 0.284. The molecular weight excluding hydrogens is 438 g/mol. The molecule has 2 rings (SSSR count). The van der Waals surface area contributed by atoms with Gasteiger partial charge >= 0.3 is 5.97 Å². The molecule has 0 heterocycles. The zero-order chi connectivity index (χ0) is 25.0. The summed E-state index contributed by atoms with van der Waals surface area (Å²) in [5, 5.41) is 10.1. The predicted molar refractivity (Wildman–Crippen MR) is 133 cm³/mol. The Morgan fingerprint density at radius 1 is 1.06 bits per heavy atom. The van der Waals surface area contributed by atoms with Gasteiger partial charge in [0.15, 0.2) is 0 Å². The van der Waals surface area contributed by atoms with E-state index in [1.54, 1.807) is 24.3 Å². The van der Waals surface area contributed by atoms with Crippen LogP contribution in [0.4, 0.5) is 0 Å². The molecule has 180 valence electrons. The molecule has 33 heavy (non-hydrogen) atoms. The number of hydrogen-bond donors (Lipinski definition) is 1. The summed E-state index contributed by atoms with van der Waals surface area (Å²) in [7, 11) is 0. The van der Waals surface area contributed by atoms with E-state index in [0.717, 1.165) is 11.1 Å². The van der Waals surface area contributed by atoms with Gasteiger partial charge in [-0.3, -0.25) is 4.79 Å². The average Bonchev–Trinajstić information content (AvgIpc) is 2.65. The second-order valence-electron chi connectivity index (χ2n) is 10.8. The molecule has 0 aliphatic carbocycles. The molecule has 0 spiro atoms.